The van der Waals surface area contributed by atoms with Crippen LogP contribution in [0.3, 0.4) is 0 Å². The Bertz CT molecular complexity index is 547. The normalized spacial score (nSPS) is 17.4. The van der Waals surface area contributed by atoms with E-state index in [4.69, 9.17) is 17.2 Å². The fourth-order valence-corrected chi connectivity index (χ4v) is 2.00. The van der Waals surface area contributed by atoms with Crippen LogP contribution in [0.15, 0.2) is 0 Å². The van der Waals surface area contributed by atoms with Crippen molar-refractivity contribution in [1.29, 1.82) is 0 Å². The van der Waals surface area contributed by atoms with E-state index >= 15 is 0 Å². The lowest BCUT2D eigenvalue weighted by atomic mass is 9.90. The molecule has 0 radical (unpaired) electrons. The fraction of sp³-hybridized carbons (Fsp3) is 0.842. The Balaban J connectivity index is 2.89. The van der Waals surface area contributed by atoms with E-state index in [0.29, 0.717) is 49.3 Å². The number of nitrogens with one attached hydrogen (secondary N) is 3. The van der Waals surface area contributed by atoms with Crippen molar-refractivity contribution in [2.24, 2.45) is 35.0 Å². The van der Waals surface area contributed by atoms with Gasteiger partial charge in [-0.05, 0) is 45.4 Å². The molecule has 162 valence electrons. The summed E-state index contributed by atoms with van der Waals surface area (Å²) in [6, 6.07) is 0.174. The first-order valence-corrected chi connectivity index (χ1v) is 10.2. The van der Waals surface area contributed by atoms with Gasteiger partial charge in [0.25, 0.3) is 0 Å². The van der Waals surface area contributed by atoms with Gasteiger partial charge < -0.3 is 33.2 Å². The molecule has 0 amide bonds. The molecule has 0 aromatic carbocycles. The summed E-state index contributed by atoms with van der Waals surface area (Å²) >= 11 is 0. The molecule has 5 unspecified atom stereocenters. The molecule has 9 N–H and O–H groups in total. The zero-order chi connectivity index (χ0) is 21.5. The highest BCUT2D eigenvalue weighted by molar-refractivity contribution is 5.42. The number of hydrogen-bond acceptors (Lipinski definition) is 9. The number of anilines is 3. The van der Waals surface area contributed by atoms with Crippen LogP contribution in [-0.4, -0.2) is 52.2 Å². The number of aromatic nitrogens is 3. The standard InChI is InChI=1S/C19H41N9/c1-11(14(4)20)8-23-16-26-17(24-9-12(2)15(5)21)28-18(27-16)25-10-13(3)19(6,7)22/h11-15H,8-10,20-22H2,1-7H3,(H3,23,24,25,26,27,28). The molecule has 0 saturated heterocycles. The molecule has 0 fully saturated rings. The third kappa shape index (κ3) is 8.53. The lowest BCUT2D eigenvalue weighted by Crippen LogP contribution is -2.42. The van der Waals surface area contributed by atoms with Gasteiger partial charge in [0.1, 0.15) is 0 Å². The highest BCUT2D eigenvalue weighted by Gasteiger charge is 2.21. The van der Waals surface area contributed by atoms with E-state index in [9.17, 15) is 0 Å². The number of nitrogens with two attached hydrogens (primary N) is 3. The molecule has 1 aromatic rings. The quantitative estimate of drug-likeness (QED) is 0.308. The minimum atomic E-state index is -0.290. The van der Waals surface area contributed by atoms with Gasteiger partial charge in [-0.2, -0.15) is 15.0 Å². The molecule has 1 heterocycles. The van der Waals surface area contributed by atoms with E-state index in [1.165, 1.54) is 0 Å². The van der Waals surface area contributed by atoms with Gasteiger partial charge in [-0.25, -0.2) is 0 Å². The maximum absolute atomic E-state index is 6.18. The largest absolute Gasteiger partial charge is 0.354 e. The van der Waals surface area contributed by atoms with Crippen molar-refractivity contribution >= 4 is 17.8 Å². The van der Waals surface area contributed by atoms with Crippen LogP contribution in [0.1, 0.15) is 48.5 Å². The van der Waals surface area contributed by atoms with Gasteiger partial charge in [0.2, 0.25) is 17.8 Å². The zero-order valence-electron chi connectivity index (χ0n) is 18.6. The third-order valence-corrected chi connectivity index (χ3v) is 5.43. The first kappa shape index (κ1) is 24.3. The topological polar surface area (TPSA) is 153 Å². The van der Waals surface area contributed by atoms with Gasteiger partial charge in [-0.15, -0.1) is 0 Å². The van der Waals surface area contributed by atoms with E-state index in [0.717, 1.165) is 0 Å². The average Bonchev–Trinajstić information content (AvgIpc) is 2.60. The van der Waals surface area contributed by atoms with Crippen LogP contribution in [-0.2, 0) is 0 Å². The average molecular weight is 396 g/mol. The first-order chi connectivity index (χ1) is 12.9. The number of hydrogen-bond donors (Lipinski definition) is 6. The van der Waals surface area contributed by atoms with Crippen molar-refractivity contribution in [3.05, 3.63) is 0 Å². The second-order valence-corrected chi connectivity index (χ2v) is 8.84. The lowest BCUT2D eigenvalue weighted by Gasteiger charge is -2.27. The zero-order valence-corrected chi connectivity index (χ0v) is 18.6. The van der Waals surface area contributed by atoms with Crippen LogP contribution >= 0.6 is 0 Å². The summed E-state index contributed by atoms with van der Waals surface area (Å²) in [5.41, 5.74) is 17.8. The second kappa shape index (κ2) is 10.7. The van der Waals surface area contributed by atoms with Gasteiger partial charge >= 0.3 is 0 Å². The Labute approximate surface area is 170 Å². The Morgan fingerprint density at radius 1 is 0.714 bits per heavy atom. The molecule has 28 heavy (non-hydrogen) atoms. The highest BCUT2D eigenvalue weighted by Crippen LogP contribution is 2.15. The molecular formula is C19H41N9. The summed E-state index contributed by atoms with van der Waals surface area (Å²) in [5, 5.41) is 9.81. The molecule has 1 rings (SSSR count). The summed E-state index contributed by atoms with van der Waals surface area (Å²) in [6.07, 6.45) is 0. The fourth-order valence-electron chi connectivity index (χ4n) is 2.00. The van der Waals surface area contributed by atoms with E-state index in [1.54, 1.807) is 0 Å². The lowest BCUT2D eigenvalue weighted by molar-refractivity contribution is 0.361. The van der Waals surface area contributed by atoms with Crippen LogP contribution < -0.4 is 33.2 Å². The molecule has 0 spiro atoms. The second-order valence-electron chi connectivity index (χ2n) is 8.84. The first-order valence-electron chi connectivity index (χ1n) is 10.2. The van der Waals surface area contributed by atoms with Crippen LogP contribution in [0, 0.1) is 17.8 Å². The molecule has 0 bridgehead atoms. The van der Waals surface area contributed by atoms with Gasteiger partial charge in [0, 0.05) is 37.3 Å². The molecule has 9 nitrogen and oxygen atoms in total. The summed E-state index contributed by atoms with van der Waals surface area (Å²) in [6.45, 7) is 16.3. The van der Waals surface area contributed by atoms with Gasteiger partial charge in [-0.3, -0.25) is 0 Å². The number of nitrogens with zero attached hydrogens (tertiary/aromatic N) is 3. The van der Waals surface area contributed by atoms with Crippen molar-refractivity contribution in [3.8, 4) is 0 Å². The Kier molecular flexibility index (Phi) is 9.32. The predicted octanol–water partition coefficient (Wildman–Crippen LogP) is 1.45. The Morgan fingerprint density at radius 3 is 1.32 bits per heavy atom. The van der Waals surface area contributed by atoms with E-state index in [1.807, 2.05) is 27.7 Å². The van der Waals surface area contributed by atoms with Gasteiger partial charge in [0.05, 0.1) is 0 Å². The van der Waals surface area contributed by atoms with Crippen molar-refractivity contribution in [2.45, 2.75) is 66.1 Å². The molecule has 5 atom stereocenters. The van der Waals surface area contributed by atoms with Crippen molar-refractivity contribution in [3.63, 3.8) is 0 Å². The molecular weight excluding hydrogens is 354 g/mol. The van der Waals surface area contributed by atoms with Crippen molar-refractivity contribution < 1.29 is 0 Å². The Hall–Kier alpha value is -1.71. The monoisotopic (exact) mass is 395 g/mol. The van der Waals surface area contributed by atoms with Gasteiger partial charge in [0.15, 0.2) is 0 Å². The maximum atomic E-state index is 6.18. The van der Waals surface area contributed by atoms with E-state index in [-0.39, 0.29) is 23.5 Å². The van der Waals surface area contributed by atoms with Crippen LogP contribution in [0.2, 0.25) is 0 Å². The molecule has 0 aliphatic carbocycles. The van der Waals surface area contributed by atoms with Crippen LogP contribution in [0.25, 0.3) is 0 Å². The number of rotatable bonds is 12. The maximum Gasteiger partial charge on any atom is 0.229 e. The SMILES string of the molecule is CC(N)C(C)CNc1nc(NCC(C)C(C)N)nc(NCC(C)C(C)(C)N)n1. The molecule has 0 aliphatic heterocycles. The smallest absolute Gasteiger partial charge is 0.229 e. The van der Waals surface area contributed by atoms with E-state index < -0.39 is 0 Å². The molecule has 0 aliphatic rings. The minimum absolute atomic E-state index is 0.0871. The summed E-state index contributed by atoms with van der Waals surface area (Å²) in [5.74, 6) is 2.37. The highest BCUT2D eigenvalue weighted by atomic mass is 15.3. The minimum Gasteiger partial charge on any atom is -0.354 e. The molecule has 0 saturated carbocycles. The summed E-state index contributed by atoms with van der Waals surface area (Å²) in [4.78, 5) is 13.5. The van der Waals surface area contributed by atoms with Crippen molar-refractivity contribution in [1.82, 2.24) is 15.0 Å². The molecule has 1 aromatic heterocycles. The third-order valence-electron chi connectivity index (χ3n) is 5.43. The van der Waals surface area contributed by atoms with Crippen LogP contribution in [0.4, 0.5) is 17.8 Å². The summed E-state index contributed by atoms with van der Waals surface area (Å²) in [7, 11) is 0. The van der Waals surface area contributed by atoms with E-state index in [2.05, 4.69) is 51.7 Å². The summed E-state index contributed by atoms with van der Waals surface area (Å²) < 4.78 is 0. The predicted molar refractivity (Wildman–Crippen MR) is 118 cm³/mol. The van der Waals surface area contributed by atoms with Gasteiger partial charge in [-0.1, -0.05) is 20.8 Å². The molecule has 9 heteroatoms. The van der Waals surface area contributed by atoms with Crippen LogP contribution in [0.5, 0.6) is 0 Å². The Morgan fingerprint density at radius 2 is 1.04 bits per heavy atom. The van der Waals surface area contributed by atoms with Crippen molar-refractivity contribution in [2.75, 3.05) is 35.6 Å².